The van der Waals surface area contributed by atoms with Crippen molar-refractivity contribution in [2.75, 3.05) is 31.7 Å². The Bertz CT molecular complexity index is 509. The first-order valence-corrected chi connectivity index (χ1v) is 6.42. The molecule has 6 heteroatoms. The normalized spacial score (nSPS) is 10.3. The number of nitro benzene ring substituents is 1. The molecule has 0 bridgehead atoms. The van der Waals surface area contributed by atoms with Gasteiger partial charge in [-0.15, -0.1) is 0 Å². The minimum absolute atomic E-state index is 0.0787. The van der Waals surface area contributed by atoms with Gasteiger partial charge >= 0.3 is 0 Å². The maximum atomic E-state index is 11.0. The third-order valence-corrected chi connectivity index (χ3v) is 2.81. The molecule has 1 aromatic rings. The molecular formula is C14H19N3O3. The second kappa shape index (κ2) is 7.46. The van der Waals surface area contributed by atoms with Gasteiger partial charge in [0.15, 0.2) is 0 Å². The summed E-state index contributed by atoms with van der Waals surface area (Å²) in [4.78, 5) is 12.5. The summed E-state index contributed by atoms with van der Waals surface area (Å²) in [5.74, 6) is 0.418. The Morgan fingerprint density at radius 1 is 1.50 bits per heavy atom. The Hall–Kier alpha value is -2.13. The van der Waals surface area contributed by atoms with E-state index in [1.54, 1.807) is 13.2 Å². The van der Waals surface area contributed by atoms with E-state index in [9.17, 15) is 10.1 Å². The molecule has 108 valence electrons. The van der Waals surface area contributed by atoms with Crippen LogP contribution in [0.2, 0.25) is 0 Å². The van der Waals surface area contributed by atoms with Crippen molar-refractivity contribution in [2.45, 2.75) is 13.8 Å². The topological polar surface area (TPSA) is 79.4 Å². The Kier molecular flexibility index (Phi) is 5.94. The summed E-state index contributed by atoms with van der Waals surface area (Å²) in [6, 6.07) is 6.53. The molecule has 0 heterocycles. The number of nitro groups is 1. The summed E-state index contributed by atoms with van der Waals surface area (Å²) >= 11 is 0. The predicted octanol–water partition coefficient (Wildman–Crippen LogP) is 2.58. The van der Waals surface area contributed by atoms with E-state index in [2.05, 4.69) is 13.8 Å². The number of anilines is 1. The highest BCUT2D eigenvalue weighted by molar-refractivity contribution is 5.60. The zero-order valence-corrected chi connectivity index (χ0v) is 12.0. The number of ether oxygens (including phenoxy) is 1. The van der Waals surface area contributed by atoms with Gasteiger partial charge in [0.25, 0.3) is 5.69 Å². The van der Waals surface area contributed by atoms with Crippen molar-refractivity contribution in [1.82, 2.24) is 0 Å². The zero-order valence-electron chi connectivity index (χ0n) is 12.0. The molecule has 0 radical (unpaired) electrons. The van der Waals surface area contributed by atoms with E-state index in [1.165, 1.54) is 12.1 Å². The monoisotopic (exact) mass is 277 g/mol. The average molecular weight is 277 g/mol. The van der Waals surface area contributed by atoms with Crippen molar-refractivity contribution in [3.8, 4) is 6.07 Å². The minimum Gasteiger partial charge on any atom is -0.383 e. The van der Waals surface area contributed by atoms with Gasteiger partial charge in [-0.1, -0.05) is 13.8 Å². The van der Waals surface area contributed by atoms with Crippen molar-refractivity contribution >= 4 is 11.4 Å². The second-order valence-electron chi connectivity index (χ2n) is 4.90. The van der Waals surface area contributed by atoms with Gasteiger partial charge in [-0.3, -0.25) is 10.1 Å². The molecule has 0 saturated carbocycles. The summed E-state index contributed by atoms with van der Waals surface area (Å²) in [6.07, 6.45) is 0. The van der Waals surface area contributed by atoms with Crippen molar-refractivity contribution in [3.63, 3.8) is 0 Å². The lowest BCUT2D eigenvalue weighted by atomic mass is 10.1. The summed E-state index contributed by atoms with van der Waals surface area (Å²) < 4.78 is 5.07. The van der Waals surface area contributed by atoms with Gasteiger partial charge < -0.3 is 9.64 Å². The van der Waals surface area contributed by atoms with E-state index in [0.29, 0.717) is 19.1 Å². The highest BCUT2D eigenvalue weighted by Crippen LogP contribution is 2.25. The Labute approximate surface area is 118 Å². The van der Waals surface area contributed by atoms with Crippen molar-refractivity contribution in [3.05, 3.63) is 33.9 Å². The van der Waals surface area contributed by atoms with Crippen LogP contribution in [0.5, 0.6) is 0 Å². The molecule has 0 aliphatic rings. The van der Waals surface area contributed by atoms with Gasteiger partial charge in [0.2, 0.25) is 0 Å². The van der Waals surface area contributed by atoms with Crippen LogP contribution >= 0.6 is 0 Å². The molecular weight excluding hydrogens is 258 g/mol. The first kappa shape index (κ1) is 15.9. The SMILES string of the molecule is COCCN(CC(C)C)c1ccc(C#N)c([N+](=O)[O-])c1. The molecule has 0 saturated heterocycles. The third-order valence-electron chi connectivity index (χ3n) is 2.81. The van der Waals surface area contributed by atoms with E-state index in [4.69, 9.17) is 10.00 Å². The van der Waals surface area contributed by atoms with Gasteiger partial charge in [0.05, 0.1) is 11.5 Å². The lowest BCUT2D eigenvalue weighted by Gasteiger charge is -2.26. The first-order chi connectivity index (χ1) is 9.49. The van der Waals surface area contributed by atoms with Crippen LogP contribution in [0, 0.1) is 27.4 Å². The molecule has 0 aliphatic heterocycles. The number of hydrogen-bond acceptors (Lipinski definition) is 5. The number of benzene rings is 1. The van der Waals surface area contributed by atoms with E-state index < -0.39 is 4.92 Å². The molecule has 0 fully saturated rings. The summed E-state index contributed by atoms with van der Waals surface area (Å²) in [5.41, 5.74) is 0.660. The molecule has 0 spiro atoms. The highest BCUT2D eigenvalue weighted by Gasteiger charge is 2.17. The average Bonchev–Trinajstić information content (AvgIpc) is 2.42. The lowest BCUT2D eigenvalue weighted by molar-refractivity contribution is -0.385. The van der Waals surface area contributed by atoms with E-state index in [-0.39, 0.29) is 11.3 Å². The largest absolute Gasteiger partial charge is 0.383 e. The summed E-state index contributed by atoms with van der Waals surface area (Å²) in [7, 11) is 1.62. The van der Waals surface area contributed by atoms with Crippen LogP contribution in [0.15, 0.2) is 18.2 Å². The third kappa shape index (κ3) is 4.21. The Morgan fingerprint density at radius 2 is 2.20 bits per heavy atom. The Balaban J connectivity index is 3.10. The van der Waals surface area contributed by atoms with Gasteiger partial charge in [0, 0.05) is 32.0 Å². The fourth-order valence-corrected chi connectivity index (χ4v) is 1.93. The van der Waals surface area contributed by atoms with Gasteiger partial charge in [-0.2, -0.15) is 5.26 Å². The van der Waals surface area contributed by atoms with Crippen LogP contribution < -0.4 is 4.90 Å². The van der Waals surface area contributed by atoms with Crippen LogP contribution in [0.1, 0.15) is 19.4 Å². The van der Waals surface area contributed by atoms with E-state index >= 15 is 0 Å². The molecule has 0 amide bonds. The molecule has 0 unspecified atom stereocenters. The fourth-order valence-electron chi connectivity index (χ4n) is 1.93. The fraction of sp³-hybridized carbons (Fsp3) is 0.500. The highest BCUT2D eigenvalue weighted by atomic mass is 16.6. The molecule has 1 rings (SSSR count). The quantitative estimate of drug-likeness (QED) is 0.565. The van der Waals surface area contributed by atoms with Gasteiger partial charge in [0.1, 0.15) is 11.6 Å². The smallest absolute Gasteiger partial charge is 0.289 e. The molecule has 20 heavy (non-hydrogen) atoms. The van der Waals surface area contributed by atoms with E-state index in [1.807, 2.05) is 11.0 Å². The van der Waals surface area contributed by atoms with Crippen LogP contribution in [0.25, 0.3) is 0 Å². The number of rotatable bonds is 7. The maximum Gasteiger partial charge on any atom is 0.289 e. The number of hydrogen-bond donors (Lipinski definition) is 0. The van der Waals surface area contributed by atoms with Crippen LogP contribution in [0.4, 0.5) is 11.4 Å². The van der Waals surface area contributed by atoms with E-state index in [0.717, 1.165) is 12.2 Å². The molecule has 6 nitrogen and oxygen atoms in total. The molecule has 1 aromatic carbocycles. The standard InChI is InChI=1S/C14H19N3O3/c1-11(2)10-16(6-7-20-3)13-5-4-12(9-15)14(8-13)17(18)19/h4-5,8,11H,6-7,10H2,1-3H3. The van der Waals surface area contributed by atoms with Crippen LogP contribution in [-0.2, 0) is 4.74 Å². The van der Waals surface area contributed by atoms with Crippen molar-refractivity contribution in [1.29, 1.82) is 5.26 Å². The number of methoxy groups -OCH3 is 1. The van der Waals surface area contributed by atoms with Crippen molar-refractivity contribution in [2.24, 2.45) is 5.92 Å². The van der Waals surface area contributed by atoms with Gasteiger partial charge in [-0.05, 0) is 18.1 Å². The molecule has 0 aliphatic carbocycles. The summed E-state index contributed by atoms with van der Waals surface area (Å²) in [5, 5.41) is 19.9. The van der Waals surface area contributed by atoms with Crippen LogP contribution in [-0.4, -0.2) is 31.7 Å². The van der Waals surface area contributed by atoms with Crippen LogP contribution in [0.3, 0.4) is 0 Å². The van der Waals surface area contributed by atoms with Gasteiger partial charge in [-0.25, -0.2) is 0 Å². The maximum absolute atomic E-state index is 11.0. The summed E-state index contributed by atoms with van der Waals surface area (Å²) in [6.45, 7) is 6.13. The lowest BCUT2D eigenvalue weighted by Crippen LogP contribution is -2.31. The second-order valence-corrected chi connectivity index (χ2v) is 4.90. The number of nitriles is 1. The molecule has 0 atom stereocenters. The minimum atomic E-state index is -0.522. The number of nitrogens with zero attached hydrogens (tertiary/aromatic N) is 3. The Morgan fingerprint density at radius 3 is 2.70 bits per heavy atom. The molecule has 0 aromatic heterocycles. The zero-order chi connectivity index (χ0) is 15.1. The first-order valence-electron chi connectivity index (χ1n) is 6.42. The predicted molar refractivity (Wildman–Crippen MR) is 76.7 cm³/mol. The molecule has 0 N–H and O–H groups in total. The van der Waals surface area contributed by atoms with Crippen molar-refractivity contribution < 1.29 is 9.66 Å².